The average molecular weight is 250 g/mol. The molecule has 1 fully saturated rings. The lowest BCUT2D eigenvalue weighted by molar-refractivity contribution is 0.332. The van der Waals surface area contributed by atoms with Crippen molar-refractivity contribution in [1.29, 1.82) is 0 Å². The molecule has 1 N–H and O–H groups in total. The van der Waals surface area contributed by atoms with E-state index in [4.69, 9.17) is 0 Å². The van der Waals surface area contributed by atoms with Gasteiger partial charge in [-0.3, -0.25) is 0 Å². The van der Waals surface area contributed by atoms with E-state index >= 15 is 0 Å². The summed E-state index contributed by atoms with van der Waals surface area (Å²) in [7, 11) is 2.24. The van der Waals surface area contributed by atoms with Gasteiger partial charge in [-0.2, -0.15) is 0 Å². The predicted molar refractivity (Wildman–Crippen MR) is 73.8 cm³/mol. The van der Waals surface area contributed by atoms with Crippen LogP contribution in [0.25, 0.3) is 0 Å². The molecule has 0 saturated carbocycles. The summed E-state index contributed by atoms with van der Waals surface area (Å²) in [5.74, 6) is 0.783. The first-order valence-corrected chi connectivity index (χ1v) is 7.65. The minimum absolute atomic E-state index is 0.783. The standard InChI is InChI=1S/C14H22N2S/c1-16-7-3-5-13-12(10-16)8-14(17-13)11-4-2-6-15-9-11/h8,11,15H,2-7,9-10H2,1H3. The molecule has 1 unspecified atom stereocenters. The summed E-state index contributed by atoms with van der Waals surface area (Å²) < 4.78 is 0. The lowest BCUT2D eigenvalue weighted by Crippen LogP contribution is -2.27. The van der Waals surface area contributed by atoms with Gasteiger partial charge in [0.25, 0.3) is 0 Å². The number of nitrogens with one attached hydrogen (secondary N) is 1. The van der Waals surface area contributed by atoms with Crippen molar-refractivity contribution in [2.75, 3.05) is 26.7 Å². The molecule has 1 saturated heterocycles. The van der Waals surface area contributed by atoms with Crippen molar-refractivity contribution in [3.63, 3.8) is 0 Å². The molecule has 0 spiro atoms. The zero-order valence-electron chi connectivity index (χ0n) is 10.7. The van der Waals surface area contributed by atoms with E-state index in [1.165, 1.54) is 45.3 Å². The van der Waals surface area contributed by atoms with Gasteiger partial charge in [0, 0.05) is 28.8 Å². The molecule has 0 radical (unpaired) electrons. The van der Waals surface area contributed by atoms with Crippen molar-refractivity contribution >= 4 is 11.3 Å². The van der Waals surface area contributed by atoms with Crippen LogP contribution in [0.15, 0.2) is 6.07 Å². The molecule has 3 rings (SSSR count). The molecule has 0 amide bonds. The van der Waals surface area contributed by atoms with E-state index in [2.05, 4.69) is 34.7 Å². The van der Waals surface area contributed by atoms with Gasteiger partial charge in [0.15, 0.2) is 0 Å². The molecule has 94 valence electrons. The van der Waals surface area contributed by atoms with Crippen LogP contribution in [0.4, 0.5) is 0 Å². The molecule has 3 heterocycles. The first kappa shape index (κ1) is 11.7. The fourth-order valence-corrected chi connectivity index (χ4v) is 4.36. The minimum Gasteiger partial charge on any atom is -0.316 e. The number of nitrogens with zero attached hydrogens (tertiary/aromatic N) is 1. The molecule has 1 atom stereocenters. The van der Waals surface area contributed by atoms with Crippen LogP contribution in [-0.2, 0) is 13.0 Å². The van der Waals surface area contributed by atoms with Crippen LogP contribution in [0.1, 0.15) is 40.5 Å². The third-order valence-corrected chi connectivity index (χ3v) is 5.40. The lowest BCUT2D eigenvalue weighted by atomic mass is 9.97. The Hall–Kier alpha value is -0.380. The van der Waals surface area contributed by atoms with Crippen LogP contribution in [-0.4, -0.2) is 31.6 Å². The first-order valence-electron chi connectivity index (χ1n) is 6.83. The van der Waals surface area contributed by atoms with E-state index in [-0.39, 0.29) is 0 Å². The Morgan fingerprint density at radius 3 is 3.18 bits per heavy atom. The summed E-state index contributed by atoms with van der Waals surface area (Å²) in [4.78, 5) is 5.76. The topological polar surface area (TPSA) is 15.3 Å². The number of hydrogen-bond acceptors (Lipinski definition) is 3. The van der Waals surface area contributed by atoms with Gasteiger partial charge in [0.2, 0.25) is 0 Å². The van der Waals surface area contributed by atoms with Gasteiger partial charge in [-0.05, 0) is 57.5 Å². The van der Waals surface area contributed by atoms with Crippen LogP contribution in [0, 0.1) is 0 Å². The first-order chi connectivity index (χ1) is 8.33. The molecule has 0 aromatic carbocycles. The van der Waals surface area contributed by atoms with Crippen molar-refractivity contribution in [1.82, 2.24) is 10.2 Å². The second kappa shape index (κ2) is 5.09. The van der Waals surface area contributed by atoms with Crippen molar-refractivity contribution in [3.8, 4) is 0 Å². The fraction of sp³-hybridized carbons (Fsp3) is 0.714. The van der Waals surface area contributed by atoms with Gasteiger partial charge in [0.1, 0.15) is 0 Å². The lowest BCUT2D eigenvalue weighted by Gasteiger charge is -2.21. The molecule has 1 aromatic rings. The molecule has 2 aliphatic heterocycles. The van der Waals surface area contributed by atoms with Crippen molar-refractivity contribution < 1.29 is 0 Å². The molecular weight excluding hydrogens is 228 g/mol. The number of aryl methyl sites for hydroxylation is 1. The summed E-state index contributed by atoms with van der Waals surface area (Å²) >= 11 is 2.09. The van der Waals surface area contributed by atoms with E-state index in [0.29, 0.717) is 0 Å². The molecule has 3 heteroatoms. The second-order valence-electron chi connectivity index (χ2n) is 5.48. The molecular formula is C14H22N2S. The normalized spacial score (nSPS) is 26.5. The Morgan fingerprint density at radius 2 is 2.35 bits per heavy atom. The van der Waals surface area contributed by atoms with Gasteiger partial charge < -0.3 is 10.2 Å². The Kier molecular flexibility index (Phi) is 3.50. The summed E-state index contributed by atoms with van der Waals surface area (Å²) in [6.07, 6.45) is 5.34. The van der Waals surface area contributed by atoms with Gasteiger partial charge in [0.05, 0.1) is 0 Å². The monoisotopic (exact) mass is 250 g/mol. The van der Waals surface area contributed by atoms with Crippen molar-refractivity contribution in [2.24, 2.45) is 0 Å². The molecule has 2 nitrogen and oxygen atoms in total. The highest BCUT2D eigenvalue weighted by Crippen LogP contribution is 2.34. The van der Waals surface area contributed by atoms with Crippen LogP contribution >= 0.6 is 11.3 Å². The fourth-order valence-electron chi connectivity index (χ4n) is 3.01. The maximum atomic E-state index is 3.53. The van der Waals surface area contributed by atoms with E-state index < -0.39 is 0 Å². The zero-order chi connectivity index (χ0) is 11.7. The zero-order valence-corrected chi connectivity index (χ0v) is 11.5. The van der Waals surface area contributed by atoms with Crippen LogP contribution in [0.2, 0.25) is 0 Å². The maximum Gasteiger partial charge on any atom is 0.0241 e. The Labute approximate surface area is 108 Å². The van der Waals surface area contributed by atoms with Gasteiger partial charge >= 0.3 is 0 Å². The van der Waals surface area contributed by atoms with E-state index in [1.807, 2.05) is 0 Å². The van der Waals surface area contributed by atoms with E-state index in [9.17, 15) is 0 Å². The number of piperidine rings is 1. The summed E-state index contributed by atoms with van der Waals surface area (Å²) in [5.41, 5.74) is 1.61. The summed E-state index contributed by atoms with van der Waals surface area (Å²) in [6.45, 7) is 4.81. The molecule has 2 aliphatic rings. The smallest absolute Gasteiger partial charge is 0.0241 e. The van der Waals surface area contributed by atoms with Crippen LogP contribution in [0.5, 0.6) is 0 Å². The highest BCUT2D eigenvalue weighted by molar-refractivity contribution is 7.12. The quantitative estimate of drug-likeness (QED) is 0.824. The average Bonchev–Trinajstić information content (AvgIpc) is 2.66. The number of rotatable bonds is 1. The van der Waals surface area contributed by atoms with Crippen molar-refractivity contribution in [3.05, 3.63) is 21.4 Å². The van der Waals surface area contributed by atoms with Gasteiger partial charge in [-0.25, -0.2) is 0 Å². The highest BCUT2D eigenvalue weighted by atomic mass is 32.1. The second-order valence-corrected chi connectivity index (χ2v) is 6.65. The SMILES string of the molecule is CN1CCCc2sc(C3CCCNC3)cc2C1. The number of hydrogen-bond donors (Lipinski definition) is 1. The third-order valence-electron chi connectivity index (χ3n) is 4.00. The van der Waals surface area contributed by atoms with Gasteiger partial charge in [-0.15, -0.1) is 11.3 Å². The predicted octanol–water partition coefficient (Wildman–Crippen LogP) is 2.59. The van der Waals surface area contributed by atoms with Crippen molar-refractivity contribution in [2.45, 2.75) is 38.1 Å². The Balaban J connectivity index is 1.80. The summed E-state index contributed by atoms with van der Waals surface area (Å²) in [6, 6.07) is 2.50. The molecule has 0 aliphatic carbocycles. The van der Waals surface area contributed by atoms with Crippen LogP contribution in [0.3, 0.4) is 0 Å². The largest absolute Gasteiger partial charge is 0.316 e. The van der Waals surface area contributed by atoms with Gasteiger partial charge in [-0.1, -0.05) is 0 Å². The highest BCUT2D eigenvalue weighted by Gasteiger charge is 2.21. The maximum absolute atomic E-state index is 3.53. The Morgan fingerprint density at radius 1 is 1.41 bits per heavy atom. The number of thiophene rings is 1. The summed E-state index contributed by atoms with van der Waals surface area (Å²) in [5, 5.41) is 3.53. The molecule has 0 bridgehead atoms. The molecule has 17 heavy (non-hydrogen) atoms. The van der Waals surface area contributed by atoms with E-state index in [1.54, 1.807) is 15.3 Å². The Bertz CT molecular complexity index is 380. The number of fused-ring (bicyclic) bond motifs is 1. The third kappa shape index (κ3) is 2.56. The molecule has 1 aromatic heterocycles. The van der Waals surface area contributed by atoms with Crippen LogP contribution < -0.4 is 5.32 Å². The minimum atomic E-state index is 0.783. The van der Waals surface area contributed by atoms with E-state index in [0.717, 1.165) is 12.5 Å².